The van der Waals surface area contributed by atoms with Crippen molar-refractivity contribution < 1.29 is 17.9 Å². The highest BCUT2D eigenvalue weighted by molar-refractivity contribution is 7.94. The first kappa shape index (κ1) is 17.8. The number of rotatable bonds is 5. The van der Waals surface area contributed by atoms with Gasteiger partial charge >= 0.3 is 0 Å². The van der Waals surface area contributed by atoms with E-state index in [1.165, 1.54) is 11.3 Å². The average Bonchev–Trinajstić information content (AvgIpc) is 3.05. The molecule has 1 aromatic heterocycles. The molecule has 3 rings (SSSR count). The van der Waals surface area contributed by atoms with Gasteiger partial charge in [-0.25, -0.2) is 8.42 Å². The van der Waals surface area contributed by atoms with Crippen molar-refractivity contribution in [3.63, 3.8) is 0 Å². The molecule has 0 aliphatic carbocycles. The van der Waals surface area contributed by atoms with Crippen LogP contribution in [0.2, 0.25) is 0 Å². The average molecular weight is 380 g/mol. The molecule has 0 spiro atoms. The standard InChI is InChI=1S/C17H20N2O4S2/c1-3-16(20)19-9-8-15-12(11-19)10-17(24-15)25(21,22)18-13-4-6-14(23-2)7-5-13/h4-7,10,18H,3,8-9,11H2,1-2H3. The minimum Gasteiger partial charge on any atom is -0.497 e. The van der Waals surface area contributed by atoms with Crippen LogP contribution in [0.3, 0.4) is 0 Å². The van der Waals surface area contributed by atoms with E-state index in [2.05, 4.69) is 4.72 Å². The summed E-state index contributed by atoms with van der Waals surface area (Å²) in [7, 11) is -2.09. The number of ether oxygens (including phenoxy) is 1. The van der Waals surface area contributed by atoms with E-state index in [1.54, 1.807) is 42.3 Å². The summed E-state index contributed by atoms with van der Waals surface area (Å²) in [5, 5.41) is 0. The number of carbonyl (C=O) groups excluding carboxylic acids is 1. The number of thiophene rings is 1. The zero-order valence-corrected chi connectivity index (χ0v) is 15.7. The zero-order valence-electron chi connectivity index (χ0n) is 14.1. The van der Waals surface area contributed by atoms with Crippen LogP contribution in [0.4, 0.5) is 5.69 Å². The number of nitrogens with one attached hydrogen (secondary N) is 1. The van der Waals surface area contributed by atoms with E-state index < -0.39 is 10.0 Å². The Morgan fingerprint density at radius 3 is 2.68 bits per heavy atom. The van der Waals surface area contributed by atoms with Gasteiger partial charge in [0.1, 0.15) is 9.96 Å². The van der Waals surface area contributed by atoms with E-state index in [-0.39, 0.29) is 10.1 Å². The Hall–Kier alpha value is -2.06. The van der Waals surface area contributed by atoms with Crippen molar-refractivity contribution in [1.29, 1.82) is 0 Å². The third-order valence-corrected chi connectivity index (χ3v) is 7.20. The number of hydrogen-bond donors (Lipinski definition) is 1. The topological polar surface area (TPSA) is 75.7 Å². The highest BCUT2D eigenvalue weighted by Gasteiger charge is 2.26. The highest BCUT2D eigenvalue weighted by Crippen LogP contribution is 2.32. The highest BCUT2D eigenvalue weighted by atomic mass is 32.2. The lowest BCUT2D eigenvalue weighted by molar-refractivity contribution is -0.131. The second kappa shape index (κ2) is 7.05. The fourth-order valence-corrected chi connectivity index (χ4v) is 5.34. The van der Waals surface area contributed by atoms with Crippen molar-refractivity contribution in [2.75, 3.05) is 18.4 Å². The van der Waals surface area contributed by atoms with Gasteiger partial charge in [-0.05, 0) is 42.3 Å². The molecule has 1 aliphatic rings. The van der Waals surface area contributed by atoms with Crippen LogP contribution in [-0.4, -0.2) is 32.9 Å². The van der Waals surface area contributed by atoms with Gasteiger partial charge in [0.2, 0.25) is 5.91 Å². The van der Waals surface area contributed by atoms with Crippen LogP contribution < -0.4 is 9.46 Å². The van der Waals surface area contributed by atoms with E-state index in [0.29, 0.717) is 37.4 Å². The molecule has 1 amide bonds. The van der Waals surface area contributed by atoms with Crippen LogP contribution in [0.15, 0.2) is 34.5 Å². The van der Waals surface area contributed by atoms with Crippen molar-refractivity contribution >= 4 is 33.0 Å². The summed E-state index contributed by atoms with van der Waals surface area (Å²) in [5.74, 6) is 0.757. The number of nitrogens with zero attached hydrogens (tertiary/aromatic N) is 1. The summed E-state index contributed by atoms with van der Waals surface area (Å²) >= 11 is 1.28. The Bertz CT molecular complexity index is 873. The van der Waals surface area contributed by atoms with Gasteiger partial charge in [-0.2, -0.15) is 0 Å². The molecule has 134 valence electrons. The fraction of sp³-hybridized carbons (Fsp3) is 0.353. The molecule has 8 heteroatoms. The lowest BCUT2D eigenvalue weighted by atomic mass is 10.1. The van der Waals surface area contributed by atoms with Crippen molar-refractivity contribution in [1.82, 2.24) is 4.90 Å². The first-order valence-corrected chi connectivity index (χ1v) is 10.3. The SMILES string of the molecule is CCC(=O)N1CCc2sc(S(=O)(=O)Nc3ccc(OC)cc3)cc2C1. The molecule has 0 unspecified atom stereocenters. The van der Waals surface area contributed by atoms with Crippen LogP contribution in [-0.2, 0) is 27.8 Å². The summed E-state index contributed by atoms with van der Waals surface area (Å²) in [6, 6.07) is 8.40. The number of carbonyl (C=O) groups is 1. The van der Waals surface area contributed by atoms with Crippen LogP contribution in [0.1, 0.15) is 23.8 Å². The van der Waals surface area contributed by atoms with Gasteiger partial charge in [0.05, 0.1) is 7.11 Å². The summed E-state index contributed by atoms with van der Waals surface area (Å²) in [6.07, 6.45) is 1.16. The third kappa shape index (κ3) is 3.80. The quantitative estimate of drug-likeness (QED) is 0.865. The predicted octanol–water partition coefficient (Wildman–Crippen LogP) is 2.85. The Labute approximate surface area is 151 Å². The Morgan fingerprint density at radius 1 is 1.32 bits per heavy atom. The van der Waals surface area contributed by atoms with Gasteiger partial charge in [-0.15, -0.1) is 11.3 Å². The molecule has 2 heterocycles. The number of hydrogen-bond acceptors (Lipinski definition) is 5. The first-order chi connectivity index (χ1) is 11.9. The number of methoxy groups -OCH3 is 1. The lowest BCUT2D eigenvalue weighted by Gasteiger charge is -2.26. The molecular formula is C17H20N2O4S2. The largest absolute Gasteiger partial charge is 0.497 e. The Kier molecular flexibility index (Phi) is 5.01. The minimum absolute atomic E-state index is 0.0950. The molecular weight excluding hydrogens is 360 g/mol. The lowest BCUT2D eigenvalue weighted by Crippen LogP contribution is -2.34. The Balaban J connectivity index is 1.79. The molecule has 0 saturated heterocycles. The van der Waals surface area contributed by atoms with Gasteiger partial charge in [-0.1, -0.05) is 6.92 Å². The molecule has 1 aliphatic heterocycles. The van der Waals surface area contributed by atoms with Crippen LogP contribution >= 0.6 is 11.3 Å². The van der Waals surface area contributed by atoms with E-state index in [1.807, 2.05) is 6.92 Å². The molecule has 2 aromatic rings. The number of anilines is 1. The van der Waals surface area contributed by atoms with Crippen molar-refractivity contribution in [3.05, 3.63) is 40.8 Å². The summed E-state index contributed by atoms with van der Waals surface area (Å²) < 4.78 is 33.2. The van der Waals surface area contributed by atoms with Crippen LogP contribution in [0.5, 0.6) is 5.75 Å². The van der Waals surface area contributed by atoms with E-state index >= 15 is 0 Å². The summed E-state index contributed by atoms with van der Waals surface area (Å²) in [5.41, 5.74) is 1.41. The van der Waals surface area contributed by atoms with Gasteiger partial charge in [0.25, 0.3) is 10.0 Å². The predicted molar refractivity (Wildman–Crippen MR) is 97.5 cm³/mol. The first-order valence-electron chi connectivity index (χ1n) is 7.99. The zero-order chi connectivity index (χ0) is 18.0. The molecule has 1 aromatic carbocycles. The summed E-state index contributed by atoms with van der Waals surface area (Å²) in [4.78, 5) is 14.7. The molecule has 0 radical (unpaired) electrons. The van der Waals surface area contributed by atoms with Gasteiger partial charge in [0, 0.05) is 30.1 Å². The maximum atomic E-state index is 12.6. The van der Waals surface area contributed by atoms with Gasteiger partial charge in [0.15, 0.2) is 0 Å². The maximum absolute atomic E-state index is 12.6. The number of benzene rings is 1. The molecule has 0 atom stereocenters. The summed E-state index contributed by atoms with van der Waals surface area (Å²) in [6.45, 7) is 2.96. The molecule has 6 nitrogen and oxygen atoms in total. The molecule has 1 N–H and O–H groups in total. The Morgan fingerprint density at radius 2 is 2.04 bits per heavy atom. The van der Waals surface area contributed by atoms with Gasteiger partial charge < -0.3 is 9.64 Å². The molecule has 0 bridgehead atoms. The van der Waals surface area contributed by atoms with Gasteiger partial charge in [-0.3, -0.25) is 9.52 Å². The number of sulfonamides is 1. The third-order valence-electron chi connectivity index (χ3n) is 4.11. The number of fused-ring (bicyclic) bond motifs is 1. The fourth-order valence-electron chi connectivity index (χ4n) is 2.74. The van der Waals surface area contributed by atoms with Crippen molar-refractivity contribution in [2.45, 2.75) is 30.5 Å². The molecule has 0 saturated carbocycles. The number of amides is 1. The second-order valence-corrected chi connectivity index (χ2v) is 8.81. The maximum Gasteiger partial charge on any atom is 0.271 e. The normalized spacial score (nSPS) is 14.1. The van der Waals surface area contributed by atoms with Crippen molar-refractivity contribution in [3.8, 4) is 5.75 Å². The molecule has 0 fully saturated rings. The smallest absolute Gasteiger partial charge is 0.271 e. The van der Waals surface area contributed by atoms with E-state index in [4.69, 9.17) is 4.74 Å². The van der Waals surface area contributed by atoms with E-state index in [0.717, 1.165) is 10.4 Å². The van der Waals surface area contributed by atoms with Crippen LogP contribution in [0, 0.1) is 0 Å². The monoisotopic (exact) mass is 380 g/mol. The van der Waals surface area contributed by atoms with E-state index in [9.17, 15) is 13.2 Å². The van der Waals surface area contributed by atoms with Crippen LogP contribution in [0.25, 0.3) is 0 Å². The van der Waals surface area contributed by atoms with Crippen molar-refractivity contribution in [2.24, 2.45) is 0 Å². The molecule has 25 heavy (non-hydrogen) atoms. The second-order valence-electron chi connectivity index (χ2n) is 5.77. The minimum atomic E-state index is -3.65.